The van der Waals surface area contributed by atoms with E-state index in [0.717, 1.165) is 24.4 Å². The van der Waals surface area contributed by atoms with Gasteiger partial charge in [0, 0.05) is 6.54 Å². The number of nitrogens with two attached hydrogens (primary N) is 1. The van der Waals surface area contributed by atoms with Gasteiger partial charge in [0.2, 0.25) is 5.91 Å². The first-order chi connectivity index (χ1) is 9.75. The lowest BCUT2D eigenvalue weighted by molar-refractivity contribution is -0.118. The van der Waals surface area contributed by atoms with E-state index < -0.39 is 0 Å². The highest BCUT2D eigenvalue weighted by Crippen LogP contribution is 2.25. The topological polar surface area (TPSA) is 64.4 Å². The fourth-order valence-corrected chi connectivity index (χ4v) is 2.30. The Hall–Kier alpha value is -1.97. The van der Waals surface area contributed by atoms with Gasteiger partial charge in [0.15, 0.2) is 0 Å². The first-order valence-electron chi connectivity index (χ1n) is 7.14. The van der Waals surface area contributed by atoms with Gasteiger partial charge >= 0.3 is 0 Å². The van der Waals surface area contributed by atoms with Gasteiger partial charge in [0.05, 0.1) is 18.7 Å². The van der Waals surface area contributed by atoms with Crippen molar-refractivity contribution in [3.63, 3.8) is 0 Å². The summed E-state index contributed by atoms with van der Waals surface area (Å²) in [6.07, 6.45) is 8.28. The van der Waals surface area contributed by atoms with Crippen LogP contribution in [-0.4, -0.2) is 19.1 Å². The summed E-state index contributed by atoms with van der Waals surface area (Å²) < 4.78 is 5.61. The molecule has 20 heavy (non-hydrogen) atoms. The molecule has 0 fully saturated rings. The van der Waals surface area contributed by atoms with E-state index in [1.54, 1.807) is 0 Å². The summed E-state index contributed by atoms with van der Waals surface area (Å²) >= 11 is 0. The summed E-state index contributed by atoms with van der Waals surface area (Å²) in [6, 6.07) is 7.81. The smallest absolute Gasteiger partial charge is 0.220 e. The number of carbonyl (C=O) groups is 1. The molecule has 0 saturated carbocycles. The van der Waals surface area contributed by atoms with Gasteiger partial charge in [0.25, 0.3) is 0 Å². The molecule has 0 aromatic heterocycles. The van der Waals surface area contributed by atoms with E-state index in [-0.39, 0.29) is 12.3 Å². The van der Waals surface area contributed by atoms with Gasteiger partial charge < -0.3 is 15.8 Å². The largest absolute Gasteiger partial charge is 0.491 e. The number of hydrogen-bond acceptors (Lipinski definition) is 3. The van der Waals surface area contributed by atoms with Crippen LogP contribution in [-0.2, 0) is 4.79 Å². The predicted octanol–water partition coefficient (Wildman–Crippen LogP) is 2.71. The van der Waals surface area contributed by atoms with Crippen LogP contribution in [0.2, 0.25) is 0 Å². The minimum absolute atomic E-state index is 0.238. The molecule has 0 bridgehead atoms. The Labute approximate surface area is 120 Å². The molecule has 108 valence electrons. The molecule has 2 rings (SSSR count). The molecule has 1 aromatic carbocycles. The third-order valence-electron chi connectivity index (χ3n) is 3.45. The summed E-state index contributed by atoms with van der Waals surface area (Å²) in [5.74, 6) is 1.11. The summed E-state index contributed by atoms with van der Waals surface area (Å²) in [5, 5.41) is 3.45. The predicted molar refractivity (Wildman–Crippen MR) is 80.7 cm³/mol. The van der Waals surface area contributed by atoms with Crippen molar-refractivity contribution >= 4 is 11.6 Å². The monoisotopic (exact) mass is 274 g/mol. The van der Waals surface area contributed by atoms with E-state index in [1.165, 1.54) is 12.8 Å². The Kier molecular flexibility index (Phi) is 5.47. The Bertz CT molecular complexity index is 471. The van der Waals surface area contributed by atoms with Gasteiger partial charge in [0.1, 0.15) is 5.75 Å². The first kappa shape index (κ1) is 14.4. The van der Waals surface area contributed by atoms with Crippen molar-refractivity contribution in [3.05, 3.63) is 36.4 Å². The Balaban J connectivity index is 1.86. The summed E-state index contributed by atoms with van der Waals surface area (Å²) in [6.45, 7) is 1.26. The van der Waals surface area contributed by atoms with Crippen molar-refractivity contribution < 1.29 is 9.53 Å². The lowest BCUT2D eigenvalue weighted by Crippen LogP contribution is -2.17. The first-order valence-corrected chi connectivity index (χ1v) is 7.14. The molecule has 0 radical (unpaired) electrons. The Morgan fingerprint density at radius 1 is 1.35 bits per heavy atom. The molecule has 0 aliphatic heterocycles. The zero-order valence-corrected chi connectivity index (χ0v) is 11.7. The standard InChI is InChI=1S/C16H22N2O2/c17-16(19)10-11-20-15-9-5-4-8-14(15)18-12-13-6-2-1-3-7-13/h1-2,4-5,8-9,13,18H,3,6-7,10-12H2,(H2,17,19). The number of hydrogen-bond donors (Lipinski definition) is 2. The highest BCUT2D eigenvalue weighted by atomic mass is 16.5. The van der Waals surface area contributed by atoms with Gasteiger partial charge in [-0.15, -0.1) is 0 Å². The average molecular weight is 274 g/mol. The van der Waals surface area contributed by atoms with Crippen molar-refractivity contribution in [2.45, 2.75) is 25.7 Å². The SMILES string of the molecule is NC(=O)CCOc1ccccc1NCC1CC=CCC1. The minimum atomic E-state index is -0.343. The van der Waals surface area contributed by atoms with Crippen LogP contribution in [0.1, 0.15) is 25.7 Å². The fraction of sp³-hybridized carbons (Fsp3) is 0.438. The summed E-state index contributed by atoms with van der Waals surface area (Å²) in [4.78, 5) is 10.7. The van der Waals surface area contributed by atoms with Crippen LogP contribution in [0.15, 0.2) is 36.4 Å². The van der Waals surface area contributed by atoms with Gasteiger partial charge in [-0.05, 0) is 37.3 Å². The zero-order valence-electron chi connectivity index (χ0n) is 11.7. The van der Waals surface area contributed by atoms with Gasteiger partial charge in [-0.3, -0.25) is 4.79 Å². The van der Waals surface area contributed by atoms with E-state index in [9.17, 15) is 4.79 Å². The number of nitrogens with one attached hydrogen (secondary N) is 1. The number of amides is 1. The van der Waals surface area contributed by atoms with Crippen LogP contribution >= 0.6 is 0 Å². The fourth-order valence-electron chi connectivity index (χ4n) is 2.30. The van der Waals surface area contributed by atoms with E-state index in [2.05, 4.69) is 17.5 Å². The molecular formula is C16H22N2O2. The quantitative estimate of drug-likeness (QED) is 0.751. The van der Waals surface area contributed by atoms with Crippen molar-refractivity contribution in [1.29, 1.82) is 0 Å². The second-order valence-corrected chi connectivity index (χ2v) is 5.09. The Morgan fingerprint density at radius 3 is 2.95 bits per heavy atom. The number of para-hydroxylation sites is 2. The summed E-state index contributed by atoms with van der Waals surface area (Å²) in [7, 11) is 0. The van der Waals surface area contributed by atoms with Crippen LogP contribution in [0, 0.1) is 5.92 Å². The number of primary amides is 1. The number of anilines is 1. The molecule has 1 aliphatic carbocycles. The average Bonchev–Trinajstić information content (AvgIpc) is 2.47. The molecule has 1 atom stereocenters. The number of rotatable bonds is 7. The van der Waals surface area contributed by atoms with Gasteiger partial charge in [-0.1, -0.05) is 24.3 Å². The highest BCUT2D eigenvalue weighted by Gasteiger charge is 2.11. The van der Waals surface area contributed by atoms with Crippen LogP contribution in [0.25, 0.3) is 0 Å². The van der Waals surface area contributed by atoms with Crippen LogP contribution in [0.3, 0.4) is 0 Å². The highest BCUT2D eigenvalue weighted by molar-refractivity contribution is 5.73. The molecular weight excluding hydrogens is 252 g/mol. The summed E-state index contributed by atoms with van der Waals surface area (Å²) in [5.41, 5.74) is 6.09. The zero-order chi connectivity index (χ0) is 14.2. The van der Waals surface area contributed by atoms with E-state index in [0.29, 0.717) is 12.5 Å². The molecule has 0 heterocycles. The number of allylic oxidation sites excluding steroid dienone is 2. The second kappa shape index (κ2) is 7.58. The van der Waals surface area contributed by atoms with Crippen molar-refractivity contribution in [1.82, 2.24) is 0 Å². The van der Waals surface area contributed by atoms with Crippen LogP contribution < -0.4 is 15.8 Å². The molecule has 1 unspecified atom stereocenters. The van der Waals surface area contributed by atoms with Crippen molar-refractivity contribution in [2.75, 3.05) is 18.5 Å². The molecule has 1 amide bonds. The normalized spacial score (nSPS) is 17.7. The Morgan fingerprint density at radius 2 is 2.20 bits per heavy atom. The molecule has 1 aromatic rings. The maximum atomic E-state index is 10.7. The van der Waals surface area contributed by atoms with E-state index >= 15 is 0 Å². The maximum Gasteiger partial charge on any atom is 0.220 e. The van der Waals surface area contributed by atoms with E-state index in [4.69, 9.17) is 10.5 Å². The maximum absolute atomic E-state index is 10.7. The number of ether oxygens (including phenoxy) is 1. The minimum Gasteiger partial charge on any atom is -0.491 e. The van der Waals surface area contributed by atoms with Crippen molar-refractivity contribution in [2.24, 2.45) is 11.7 Å². The molecule has 0 spiro atoms. The van der Waals surface area contributed by atoms with E-state index in [1.807, 2.05) is 24.3 Å². The van der Waals surface area contributed by atoms with Crippen LogP contribution in [0.4, 0.5) is 5.69 Å². The van der Waals surface area contributed by atoms with Crippen LogP contribution in [0.5, 0.6) is 5.75 Å². The lowest BCUT2D eigenvalue weighted by atomic mass is 9.94. The molecule has 0 saturated heterocycles. The molecule has 1 aliphatic rings. The lowest BCUT2D eigenvalue weighted by Gasteiger charge is -2.20. The molecule has 4 nitrogen and oxygen atoms in total. The second-order valence-electron chi connectivity index (χ2n) is 5.09. The molecule has 3 N–H and O–H groups in total. The third-order valence-corrected chi connectivity index (χ3v) is 3.45. The number of carbonyl (C=O) groups excluding carboxylic acids is 1. The third kappa shape index (κ3) is 4.61. The number of benzene rings is 1. The molecule has 4 heteroatoms. The van der Waals surface area contributed by atoms with Crippen molar-refractivity contribution in [3.8, 4) is 5.75 Å². The van der Waals surface area contributed by atoms with Gasteiger partial charge in [-0.2, -0.15) is 0 Å². The van der Waals surface area contributed by atoms with Gasteiger partial charge in [-0.25, -0.2) is 0 Å².